The summed E-state index contributed by atoms with van der Waals surface area (Å²) >= 11 is 0. The Kier molecular flexibility index (Phi) is 7.07. The lowest BCUT2D eigenvalue weighted by molar-refractivity contribution is -0.111. The number of H-pyrrole nitrogens is 1. The number of amides is 1. The van der Waals surface area contributed by atoms with Gasteiger partial charge in [0.1, 0.15) is 0 Å². The number of para-hydroxylation sites is 1. The van der Waals surface area contributed by atoms with Crippen LogP contribution in [0.3, 0.4) is 0 Å². The van der Waals surface area contributed by atoms with Gasteiger partial charge in [0.05, 0.1) is 0 Å². The van der Waals surface area contributed by atoms with E-state index in [2.05, 4.69) is 80.1 Å². The van der Waals surface area contributed by atoms with Crippen molar-refractivity contribution in [3.63, 3.8) is 0 Å². The summed E-state index contributed by atoms with van der Waals surface area (Å²) in [5.41, 5.74) is 8.20. The van der Waals surface area contributed by atoms with Gasteiger partial charge in [0.2, 0.25) is 5.91 Å². The van der Waals surface area contributed by atoms with Crippen LogP contribution in [0.5, 0.6) is 0 Å². The Hall–Kier alpha value is -3.92. The second-order valence-electron chi connectivity index (χ2n) is 8.77. The van der Waals surface area contributed by atoms with E-state index in [0.717, 1.165) is 52.1 Å². The van der Waals surface area contributed by atoms with Crippen LogP contribution in [0, 0.1) is 12.8 Å². The van der Waals surface area contributed by atoms with Gasteiger partial charge in [-0.3, -0.25) is 9.78 Å². The molecule has 0 aliphatic rings. The summed E-state index contributed by atoms with van der Waals surface area (Å²) in [6, 6.07) is 20.6. The van der Waals surface area contributed by atoms with Gasteiger partial charge < -0.3 is 10.3 Å². The molecular weight excluding hydrogens is 418 g/mol. The molecule has 4 aromatic rings. The molecule has 0 radical (unpaired) electrons. The maximum atomic E-state index is 11.7. The molecule has 0 aliphatic carbocycles. The summed E-state index contributed by atoms with van der Waals surface area (Å²) in [6.45, 7) is 10.1. The first kappa shape index (κ1) is 23.2. The van der Waals surface area contributed by atoms with Crippen molar-refractivity contribution in [1.82, 2.24) is 9.97 Å². The molecule has 172 valence electrons. The Morgan fingerprint density at radius 2 is 1.94 bits per heavy atom. The maximum Gasteiger partial charge on any atom is 0.247 e. The number of pyridine rings is 1. The number of carbonyl (C=O) groups excluding carboxylic acids is 1. The van der Waals surface area contributed by atoms with Gasteiger partial charge in [-0.1, -0.05) is 63.3 Å². The van der Waals surface area contributed by atoms with Gasteiger partial charge in [-0.05, 0) is 61.2 Å². The molecule has 0 saturated carbocycles. The summed E-state index contributed by atoms with van der Waals surface area (Å²) in [5, 5.41) is 4.03. The molecule has 2 aromatic heterocycles. The molecule has 4 heteroatoms. The summed E-state index contributed by atoms with van der Waals surface area (Å²) in [5.74, 6) is 0.370. The largest absolute Gasteiger partial charge is 0.355 e. The number of hydrogen-bond acceptors (Lipinski definition) is 2. The van der Waals surface area contributed by atoms with E-state index >= 15 is 0 Å². The first-order chi connectivity index (χ1) is 16.5. The molecule has 0 saturated heterocycles. The number of hydrogen-bond donors (Lipinski definition) is 2. The molecule has 0 fully saturated rings. The summed E-state index contributed by atoms with van der Waals surface area (Å²) in [6.07, 6.45) is 7.63. The number of allylic oxidation sites excluding steroid dienone is 1. The lowest BCUT2D eigenvalue weighted by Gasteiger charge is -2.14. The monoisotopic (exact) mass is 449 g/mol. The Morgan fingerprint density at radius 1 is 1.12 bits per heavy atom. The third kappa shape index (κ3) is 5.18. The van der Waals surface area contributed by atoms with Gasteiger partial charge in [0.25, 0.3) is 0 Å². The van der Waals surface area contributed by atoms with E-state index in [9.17, 15) is 4.79 Å². The zero-order chi connectivity index (χ0) is 24.1. The van der Waals surface area contributed by atoms with Crippen LogP contribution < -0.4 is 5.32 Å². The second kappa shape index (κ2) is 10.3. The molecule has 0 spiro atoms. The number of carbonyl (C=O) groups is 1. The van der Waals surface area contributed by atoms with Crippen LogP contribution in [0.4, 0.5) is 5.69 Å². The van der Waals surface area contributed by atoms with Crippen molar-refractivity contribution >= 4 is 28.1 Å². The van der Waals surface area contributed by atoms with Crippen molar-refractivity contribution < 1.29 is 4.79 Å². The van der Waals surface area contributed by atoms with Crippen LogP contribution in [-0.2, 0) is 4.79 Å². The van der Waals surface area contributed by atoms with E-state index in [4.69, 9.17) is 4.98 Å². The van der Waals surface area contributed by atoms with E-state index in [-0.39, 0.29) is 5.91 Å². The molecule has 2 aromatic carbocycles. The second-order valence-corrected chi connectivity index (χ2v) is 8.77. The molecule has 4 nitrogen and oxygen atoms in total. The van der Waals surface area contributed by atoms with E-state index in [1.165, 1.54) is 17.0 Å². The smallest absolute Gasteiger partial charge is 0.247 e. The standard InChI is InChI=1S/C30H31N3O/c1-5-20(3)14-15-26(29-18-23-10-7-8-13-28(23)33-29)27-17-24(19-31-21(27)4)22-11-9-12-25(16-22)32-30(34)6-2/h6-13,15-20,33H,2,5,14H2,1,3-4H3,(H,32,34)/b26-15+. The van der Waals surface area contributed by atoms with E-state index in [0.29, 0.717) is 5.92 Å². The fourth-order valence-corrected chi connectivity index (χ4v) is 4.00. The van der Waals surface area contributed by atoms with Crippen LogP contribution in [0.25, 0.3) is 27.6 Å². The van der Waals surface area contributed by atoms with Crippen LogP contribution in [0.15, 0.2) is 85.6 Å². The van der Waals surface area contributed by atoms with Gasteiger partial charge in [-0.15, -0.1) is 0 Å². The van der Waals surface area contributed by atoms with Crippen LogP contribution >= 0.6 is 0 Å². The minimum absolute atomic E-state index is 0.228. The van der Waals surface area contributed by atoms with Crippen LogP contribution in [-0.4, -0.2) is 15.9 Å². The van der Waals surface area contributed by atoms with Gasteiger partial charge in [0.15, 0.2) is 0 Å². The molecule has 2 heterocycles. The lowest BCUT2D eigenvalue weighted by Crippen LogP contribution is -2.07. The third-order valence-electron chi connectivity index (χ3n) is 6.27. The molecule has 1 amide bonds. The normalized spacial score (nSPS) is 12.5. The number of aromatic nitrogens is 2. The molecule has 0 aliphatic heterocycles. The highest BCUT2D eigenvalue weighted by Crippen LogP contribution is 2.32. The summed E-state index contributed by atoms with van der Waals surface area (Å²) < 4.78 is 0. The summed E-state index contributed by atoms with van der Waals surface area (Å²) in [7, 11) is 0. The Bertz CT molecular complexity index is 1330. The van der Waals surface area contributed by atoms with E-state index in [1.807, 2.05) is 30.5 Å². The van der Waals surface area contributed by atoms with Crippen molar-refractivity contribution in [2.45, 2.75) is 33.6 Å². The number of aryl methyl sites for hydroxylation is 1. The van der Waals surface area contributed by atoms with Crippen molar-refractivity contribution in [2.24, 2.45) is 5.92 Å². The van der Waals surface area contributed by atoms with Crippen molar-refractivity contribution in [2.75, 3.05) is 5.32 Å². The number of anilines is 1. The van der Waals surface area contributed by atoms with Gasteiger partial charge in [0, 0.05) is 50.9 Å². The lowest BCUT2D eigenvalue weighted by atomic mass is 9.94. The maximum absolute atomic E-state index is 11.7. The average Bonchev–Trinajstić information content (AvgIpc) is 3.29. The van der Waals surface area contributed by atoms with Crippen molar-refractivity contribution in [3.8, 4) is 11.1 Å². The number of aromatic amines is 1. The van der Waals surface area contributed by atoms with Crippen LogP contribution in [0.1, 0.15) is 43.6 Å². The number of fused-ring (bicyclic) bond motifs is 1. The topological polar surface area (TPSA) is 57.8 Å². The Morgan fingerprint density at radius 3 is 2.71 bits per heavy atom. The molecule has 2 N–H and O–H groups in total. The van der Waals surface area contributed by atoms with Gasteiger partial charge in [-0.25, -0.2) is 0 Å². The minimum Gasteiger partial charge on any atom is -0.355 e. The molecule has 34 heavy (non-hydrogen) atoms. The Labute approximate surface area is 201 Å². The summed E-state index contributed by atoms with van der Waals surface area (Å²) in [4.78, 5) is 20.1. The number of rotatable bonds is 8. The van der Waals surface area contributed by atoms with E-state index < -0.39 is 0 Å². The highest BCUT2D eigenvalue weighted by molar-refractivity contribution is 5.99. The SMILES string of the molecule is C=CC(=O)Nc1cccc(-c2cnc(C)c(/C(=C\CC(C)CC)c3cc4ccccc4[nH]3)c2)c1. The molecular formula is C30H31N3O. The van der Waals surface area contributed by atoms with Crippen LogP contribution in [0.2, 0.25) is 0 Å². The third-order valence-corrected chi connectivity index (χ3v) is 6.27. The molecule has 1 atom stereocenters. The predicted octanol–water partition coefficient (Wildman–Crippen LogP) is 7.53. The highest BCUT2D eigenvalue weighted by atomic mass is 16.1. The number of nitrogens with zero attached hydrogens (tertiary/aromatic N) is 1. The number of nitrogens with one attached hydrogen (secondary N) is 2. The van der Waals surface area contributed by atoms with Gasteiger partial charge in [-0.2, -0.15) is 0 Å². The molecule has 1 unspecified atom stereocenters. The van der Waals surface area contributed by atoms with E-state index in [1.54, 1.807) is 0 Å². The minimum atomic E-state index is -0.228. The average molecular weight is 450 g/mol. The van der Waals surface area contributed by atoms with Gasteiger partial charge >= 0.3 is 0 Å². The number of benzene rings is 2. The fourth-order valence-electron chi connectivity index (χ4n) is 4.00. The Balaban J connectivity index is 1.79. The van der Waals surface area contributed by atoms with Crippen molar-refractivity contribution in [3.05, 3.63) is 103 Å². The highest BCUT2D eigenvalue weighted by Gasteiger charge is 2.14. The zero-order valence-electron chi connectivity index (χ0n) is 20.1. The quantitative estimate of drug-likeness (QED) is 0.273. The molecule has 0 bridgehead atoms. The first-order valence-corrected chi connectivity index (χ1v) is 11.8. The predicted molar refractivity (Wildman–Crippen MR) is 143 cm³/mol. The van der Waals surface area contributed by atoms with Crippen molar-refractivity contribution in [1.29, 1.82) is 0 Å². The first-order valence-electron chi connectivity index (χ1n) is 11.8. The zero-order valence-corrected chi connectivity index (χ0v) is 20.1. The fraction of sp³-hybridized carbons (Fsp3) is 0.200. The molecule has 4 rings (SSSR count).